The maximum absolute atomic E-state index is 14.3. The van der Waals surface area contributed by atoms with Crippen molar-refractivity contribution in [2.45, 2.75) is 32.4 Å². The van der Waals surface area contributed by atoms with E-state index in [1.807, 2.05) is 36.4 Å². The van der Waals surface area contributed by atoms with Gasteiger partial charge in [0.15, 0.2) is 17.9 Å². The quantitative estimate of drug-likeness (QED) is 0.408. The van der Waals surface area contributed by atoms with Crippen molar-refractivity contribution in [3.05, 3.63) is 89.7 Å². The number of ether oxygens (including phenoxy) is 1. The zero-order valence-corrected chi connectivity index (χ0v) is 18.8. The summed E-state index contributed by atoms with van der Waals surface area (Å²) in [5.74, 6) is -0.609. The van der Waals surface area contributed by atoms with E-state index in [9.17, 15) is 9.18 Å². The fourth-order valence-corrected chi connectivity index (χ4v) is 8.49. The van der Waals surface area contributed by atoms with E-state index in [1.165, 1.54) is 13.2 Å². The van der Waals surface area contributed by atoms with Crippen LogP contribution in [-0.4, -0.2) is 21.7 Å². The third kappa shape index (κ3) is 4.09. The van der Waals surface area contributed by atoms with Gasteiger partial charge in [0.1, 0.15) is 0 Å². The summed E-state index contributed by atoms with van der Waals surface area (Å²) in [5, 5.41) is 2.15. The average Bonchev–Trinajstić information content (AvgIpc) is 2.75. The van der Waals surface area contributed by atoms with Crippen molar-refractivity contribution in [1.29, 1.82) is 0 Å². The summed E-state index contributed by atoms with van der Waals surface area (Å²) in [5.41, 5.74) is 0.665. The molecule has 0 aliphatic rings. The molecule has 3 nitrogen and oxygen atoms in total. The molecule has 156 valence electrons. The van der Waals surface area contributed by atoms with Crippen LogP contribution >= 0.6 is 0 Å². The molecule has 0 saturated heterocycles. The summed E-state index contributed by atoms with van der Waals surface area (Å²) < 4.78 is 26.2. The largest absolute Gasteiger partial charge is 0.494 e. The Bertz CT molecular complexity index is 959. The molecule has 0 aromatic heterocycles. The zero-order valence-electron chi connectivity index (χ0n) is 17.8. The van der Waals surface area contributed by atoms with Gasteiger partial charge in [-0.05, 0) is 33.1 Å². The number of carbonyl (C=O) groups is 1. The van der Waals surface area contributed by atoms with Crippen LogP contribution in [0.1, 0.15) is 36.7 Å². The minimum atomic E-state index is -2.72. The highest BCUT2D eigenvalue weighted by Crippen LogP contribution is 2.37. The van der Waals surface area contributed by atoms with Gasteiger partial charge in [0, 0.05) is 0 Å². The van der Waals surface area contributed by atoms with Crippen molar-refractivity contribution in [2.75, 3.05) is 7.11 Å². The van der Waals surface area contributed by atoms with Crippen LogP contribution in [0.25, 0.3) is 0 Å². The Balaban J connectivity index is 2.12. The van der Waals surface area contributed by atoms with Crippen molar-refractivity contribution in [3.63, 3.8) is 0 Å². The van der Waals surface area contributed by atoms with Gasteiger partial charge in [-0.1, -0.05) is 81.4 Å². The second kappa shape index (κ2) is 8.94. The predicted molar refractivity (Wildman–Crippen MR) is 121 cm³/mol. The molecular weight excluding hydrogens is 395 g/mol. The SMILES string of the molecule is COc1cc(CO[Si](c2ccccc2)(c2ccccc2)C(C)(C)C)cc(C=O)c1F. The molecule has 0 fully saturated rings. The van der Waals surface area contributed by atoms with Gasteiger partial charge in [-0.15, -0.1) is 0 Å². The minimum absolute atomic E-state index is 0.0320. The Morgan fingerprint density at radius 1 is 0.933 bits per heavy atom. The first kappa shape index (κ1) is 21.9. The third-order valence-corrected chi connectivity index (χ3v) is 10.3. The molecule has 0 bridgehead atoms. The third-order valence-electron chi connectivity index (χ3n) is 5.35. The van der Waals surface area contributed by atoms with Crippen molar-refractivity contribution in [1.82, 2.24) is 0 Å². The predicted octanol–water partition coefficient (Wildman–Crippen LogP) is 4.72. The van der Waals surface area contributed by atoms with Crippen LogP contribution in [0.3, 0.4) is 0 Å². The lowest BCUT2D eigenvalue weighted by Crippen LogP contribution is -2.66. The molecule has 0 radical (unpaired) electrons. The average molecular weight is 423 g/mol. The molecular formula is C25H27FO3Si. The molecule has 0 N–H and O–H groups in total. The van der Waals surface area contributed by atoms with Crippen LogP contribution in [-0.2, 0) is 11.0 Å². The molecule has 0 saturated carbocycles. The number of hydrogen-bond acceptors (Lipinski definition) is 3. The van der Waals surface area contributed by atoms with Crippen molar-refractivity contribution in [2.24, 2.45) is 0 Å². The Kier molecular flexibility index (Phi) is 6.54. The van der Waals surface area contributed by atoms with E-state index in [1.54, 1.807) is 6.07 Å². The first-order chi connectivity index (χ1) is 14.3. The first-order valence-corrected chi connectivity index (χ1v) is 11.8. The second-order valence-corrected chi connectivity index (χ2v) is 12.6. The Labute approximate surface area is 178 Å². The summed E-state index contributed by atoms with van der Waals surface area (Å²) >= 11 is 0. The number of hydrogen-bond donors (Lipinski definition) is 0. The summed E-state index contributed by atoms with van der Waals surface area (Å²) in [6, 6.07) is 23.7. The van der Waals surface area contributed by atoms with Gasteiger partial charge in [-0.25, -0.2) is 4.39 Å². The Morgan fingerprint density at radius 3 is 1.90 bits per heavy atom. The van der Waals surface area contributed by atoms with Crippen molar-refractivity contribution < 1.29 is 18.3 Å². The van der Waals surface area contributed by atoms with Gasteiger partial charge >= 0.3 is 0 Å². The second-order valence-electron chi connectivity index (χ2n) is 8.27. The van der Waals surface area contributed by atoms with E-state index in [0.29, 0.717) is 11.8 Å². The maximum Gasteiger partial charge on any atom is 0.261 e. The molecule has 5 heteroatoms. The topological polar surface area (TPSA) is 35.5 Å². The van der Waals surface area contributed by atoms with E-state index in [0.717, 1.165) is 10.4 Å². The number of rotatable bonds is 7. The molecule has 0 aliphatic heterocycles. The monoisotopic (exact) mass is 422 g/mol. The fourth-order valence-electron chi connectivity index (χ4n) is 3.95. The summed E-state index contributed by atoms with van der Waals surface area (Å²) in [7, 11) is -1.34. The Morgan fingerprint density at radius 2 is 1.47 bits per heavy atom. The molecule has 0 unspecified atom stereocenters. The molecule has 30 heavy (non-hydrogen) atoms. The van der Waals surface area contributed by atoms with Crippen LogP contribution in [0.2, 0.25) is 5.04 Å². The molecule has 0 amide bonds. The number of benzene rings is 3. The lowest BCUT2D eigenvalue weighted by molar-refractivity contribution is 0.111. The number of methoxy groups -OCH3 is 1. The lowest BCUT2D eigenvalue weighted by Gasteiger charge is -2.43. The standard InChI is InChI=1S/C25H27FO3Si/c1-25(2,3)30(21-11-7-5-8-12-21,22-13-9-6-10-14-22)29-18-19-15-20(17-27)24(26)23(16-19)28-4/h5-17H,18H2,1-4H3. The van der Waals surface area contributed by atoms with E-state index < -0.39 is 14.1 Å². The van der Waals surface area contributed by atoms with E-state index in [4.69, 9.17) is 9.16 Å². The molecule has 3 aromatic carbocycles. The minimum Gasteiger partial charge on any atom is -0.494 e. The van der Waals surface area contributed by atoms with E-state index in [2.05, 4.69) is 45.0 Å². The van der Waals surface area contributed by atoms with Crippen LogP contribution in [0.5, 0.6) is 5.75 Å². The summed E-state index contributed by atoms with van der Waals surface area (Å²) in [4.78, 5) is 11.3. The van der Waals surface area contributed by atoms with Gasteiger partial charge in [0.25, 0.3) is 8.32 Å². The normalized spacial score (nSPS) is 11.9. The highest BCUT2D eigenvalue weighted by Gasteiger charge is 2.50. The zero-order chi connectivity index (χ0) is 21.8. The van der Waals surface area contributed by atoms with Crippen LogP contribution < -0.4 is 15.1 Å². The molecule has 0 aliphatic carbocycles. The highest BCUT2D eigenvalue weighted by molar-refractivity contribution is 6.99. The summed E-state index contributed by atoms with van der Waals surface area (Å²) in [6.07, 6.45) is 0.504. The number of halogens is 1. The van der Waals surface area contributed by atoms with E-state index >= 15 is 0 Å². The smallest absolute Gasteiger partial charge is 0.261 e. The Hall–Kier alpha value is -2.76. The fraction of sp³-hybridized carbons (Fsp3) is 0.240. The van der Waals surface area contributed by atoms with Crippen LogP contribution in [0, 0.1) is 5.82 Å². The van der Waals surface area contributed by atoms with Crippen molar-refractivity contribution in [3.8, 4) is 5.75 Å². The molecule has 0 heterocycles. The van der Waals surface area contributed by atoms with Gasteiger partial charge < -0.3 is 9.16 Å². The summed E-state index contributed by atoms with van der Waals surface area (Å²) in [6.45, 7) is 6.83. The molecule has 3 aromatic rings. The van der Waals surface area contributed by atoms with Gasteiger partial charge in [-0.3, -0.25) is 4.79 Å². The molecule has 3 rings (SSSR count). The van der Waals surface area contributed by atoms with Gasteiger partial charge in [0.2, 0.25) is 0 Å². The molecule has 0 spiro atoms. The van der Waals surface area contributed by atoms with Crippen LogP contribution in [0.4, 0.5) is 4.39 Å². The van der Waals surface area contributed by atoms with E-state index in [-0.39, 0.29) is 23.0 Å². The van der Waals surface area contributed by atoms with Gasteiger partial charge in [-0.2, -0.15) is 0 Å². The van der Waals surface area contributed by atoms with Gasteiger partial charge in [0.05, 0.1) is 19.3 Å². The number of carbonyl (C=O) groups excluding carboxylic acids is 1. The lowest BCUT2D eigenvalue weighted by atomic mass is 10.1. The van der Waals surface area contributed by atoms with Crippen molar-refractivity contribution >= 4 is 25.0 Å². The maximum atomic E-state index is 14.3. The highest BCUT2D eigenvalue weighted by atomic mass is 28.4. The first-order valence-electron chi connectivity index (χ1n) is 9.90. The molecule has 0 atom stereocenters. The van der Waals surface area contributed by atoms with Crippen LogP contribution in [0.15, 0.2) is 72.8 Å². The number of aldehydes is 1.